The lowest BCUT2D eigenvalue weighted by molar-refractivity contribution is -0.117. The van der Waals surface area contributed by atoms with Crippen LogP contribution in [0.3, 0.4) is 0 Å². The Morgan fingerprint density at radius 3 is 2.48 bits per heavy atom. The molecule has 5 nitrogen and oxygen atoms in total. The molecular weight excluding hydrogens is 383 g/mol. The van der Waals surface area contributed by atoms with Gasteiger partial charge in [0.05, 0.1) is 15.6 Å². The van der Waals surface area contributed by atoms with Crippen LogP contribution in [0, 0.1) is 6.92 Å². The normalized spacial score (nSPS) is 14.8. The molecule has 0 saturated carbocycles. The molecule has 3 rings (SSSR count). The zero-order valence-corrected chi connectivity index (χ0v) is 15.7. The number of anilines is 2. The Labute approximate surface area is 156 Å². The number of sulfonamides is 1. The third kappa shape index (κ3) is 3.76. The molecule has 1 aliphatic rings. The Hall–Kier alpha value is -1.76. The summed E-state index contributed by atoms with van der Waals surface area (Å²) in [6, 6.07) is 9.23. The number of rotatable bonds is 4. The average Bonchev–Trinajstić information content (AvgIpc) is 2.96. The number of carbonyl (C=O) groups excluding carboxylic acids is 1. The third-order valence-electron chi connectivity index (χ3n) is 4.02. The summed E-state index contributed by atoms with van der Waals surface area (Å²) >= 11 is 11.8. The van der Waals surface area contributed by atoms with Gasteiger partial charge in [0, 0.05) is 23.7 Å². The van der Waals surface area contributed by atoms with Crippen LogP contribution in [-0.4, -0.2) is 20.9 Å². The topological polar surface area (TPSA) is 66.5 Å². The molecular formula is C17H16Cl2N2O3S. The predicted octanol–water partition coefficient (Wildman–Crippen LogP) is 4.23. The fourth-order valence-corrected chi connectivity index (χ4v) is 4.45. The van der Waals surface area contributed by atoms with Crippen LogP contribution < -0.4 is 9.62 Å². The Kier molecular flexibility index (Phi) is 4.95. The van der Waals surface area contributed by atoms with Crippen molar-refractivity contribution < 1.29 is 13.2 Å². The van der Waals surface area contributed by atoms with Gasteiger partial charge >= 0.3 is 0 Å². The minimum absolute atomic E-state index is 0.0600. The Bertz CT molecular complexity index is 945. The first-order valence-electron chi connectivity index (χ1n) is 7.67. The standard InChI is InChI=1S/C17H16Cl2N2O3S/c1-11-9-13(5-7-16(11)21-8-2-3-17(21)22)25(23,24)20-15-6-4-12(18)10-14(15)19/h4-7,9-10,20H,2-3,8H2,1H3. The van der Waals surface area contributed by atoms with Crippen LogP contribution in [0.5, 0.6) is 0 Å². The van der Waals surface area contributed by atoms with Crippen molar-refractivity contribution in [3.8, 4) is 0 Å². The molecule has 2 aromatic carbocycles. The van der Waals surface area contributed by atoms with E-state index in [-0.39, 0.29) is 21.5 Å². The van der Waals surface area contributed by atoms with E-state index in [1.807, 2.05) is 0 Å². The van der Waals surface area contributed by atoms with E-state index in [2.05, 4.69) is 4.72 Å². The second-order valence-corrected chi connectivity index (χ2v) is 8.35. The first-order valence-corrected chi connectivity index (χ1v) is 9.91. The highest BCUT2D eigenvalue weighted by Crippen LogP contribution is 2.30. The van der Waals surface area contributed by atoms with E-state index in [0.29, 0.717) is 18.0 Å². The number of halogens is 2. The van der Waals surface area contributed by atoms with Gasteiger partial charge in [0.1, 0.15) is 0 Å². The minimum Gasteiger partial charge on any atom is -0.312 e. The monoisotopic (exact) mass is 398 g/mol. The van der Waals surface area contributed by atoms with Crippen LogP contribution in [0.4, 0.5) is 11.4 Å². The third-order valence-corrected chi connectivity index (χ3v) is 5.93. The fraction of sp³-hybridized carbons (Fsp3) is 0.235. The Balaban J connectivity index is 1.90. The van der Waals surface area contributed by atoms with E-state index in [9.17, 15) is 13.2 Å². The number of carbonyl (C=O) groups is 1. The van der Waals surface area contributed by atoms with Crippen molar-refractivity contribution >= 4 is 50.5 Å². The number of nitrogens with one attached hydrogen (secondary N) is 1. The fourth-order valence-electron chi connectivity index (χ4n) is 2.78. The van der Waals surface area contributed by atoms with Gasteiger partial charge in [0.25, 0.3) is 10.0 Å². The summed E-state index contributed by atoms with van der Waals surface area (Å²) in [4.78, 5) is 13.7. The molecule has 0 bridgehead atoms. The molecule has 8 heteroatoms. The maximum absolute atomic E-state index is 12.6. The summed E-state index contributed by atoms with van der Waals surface area (Å²) < 4.78 is 27.7. The lowest BCUT2D eigenvalue weighted by Gasteiger charge is -2.19. The molecule has 0 atom stereocenters. The highest BCUT2D eigenvalue weighted by molar-refractivity contribution is 7.92. The molecule has 1 saturated heterocycles. The van der Waals surface area contributed by atoms with Gasteiger partial charge < -0.3 is 4.90 Å². The number of hydrogen-bond acceptors (Lipinski definition) is 3. The van der Waals surface area contributed by atoms with E-state index < -0.39 is 10.0 Å². The first-order chi connectivity index (χ1) is 11.8. The summed E-state index contributed by atoms with van der Waals surface area (Å²) in [5.74, 6) is 0.0600. The van der Waals surface area contributed by atoms with Crippen molar-refractivity contribution in [2.24, 2.45) is 0 Å². The van der Waals surface area contributed by atoms with Gasteiger partial charge in [-0.3, -0.25) is 9.52 Å². The van der Waals surface area contributed by atoms with E-state index in [1.54, 1.807) is 30.0 Å². The maximum Gasteiger partial charge on any atom is 0.261 e. The van der Waals surface area contributed by atoms with Crippen molar-refractivity contribution in [1.29, 1.82) is 0 Å². The number of nitrogens with zero attached hydrogens (tertiary/aromatic N) is 1. The van der Waals surface area contributed by atoms with Gasteiger partial charge in [0.2, 0.25) is 5.91 Å². The lowest BCUT2D eigenvalue weighted by atomic mass is 10.2. The summed E-state index contributed by atoms with van der Waals surface area (Å²) in [6.07, 6.45) is 1.34. The van der Waals surface area contributed by atoms with Crippen LogP contribution in [0.1, 0.15) is 18.4 Å². The summed E-state index contributed by atoms with van der Waals surface area (Å²) in [6.45, 7) is 2.44. The molecule has 1 amide bonds. The SMILES string of the molecule is Cc1cc(S(=O)(=O)Nc2ccc(Cl)cc2Cl)ccc1N1CCCC1=O. The van der Waals surface area contributed by atoms with Gasteiger partial charge in [-0.1, -0.05) is 23.2 Å². The molecule has 1 fully saturated rings. The minimum atomic E-state index is -3.81. The van der Waals surface area contributed by atoms with Crippen LogP contribution in [0.2, 0.25) is 10.0 Å². The molecule has 0 unspecified atom stereocenters. The van der Waals surface area contributed by atoms with E-state index in [1.165, 1.54) is 18.2 Å². The zero-order chi connectivity index (χ0) is 18.2. The lowest BCUT2D eigenvalue weighted by Crippen LogP contribution is -2.24. The van der Waals surface area contributed by atoms with E-state index >= 15 is 0 Å². The van der Waals surface area contributed by atoms with Gasteiger partial charge in [-0.05, 0) is 55.3 Å². The maximum atomic E-state index is 12.6. The smallest absolute Gasteiger partial charge is 0.261 e. The number of benzene rings is 2. The average molecular weight is 399 g/mol. The molecule has 2 aromatic rings. The van der Waals surface area contributed by atoms with Gasteiger partial charge in [-0.15, -0.1) is 0 Å². The second-order valence-electron chi connectivity index (χ2n) is 5.83. The number of amides is 1. The van der Waals surface area contributed by atoms with Crippen molar-refractivity contribution in [3.05, 3.63) is 52.0 Å². The van der Waals surface area contributed by atoms with Gasteiger partial charge in [0.15, 0.2) is 0 Å². The number of aryl methyl sites for hydroxylation is 1. The molecule has 0 aliphatic carbocycles. The molecule has 1 N–H and O–H groups in total. The Morgan fingerprint density at radius 1 is 1.12 bits per heavy atom. The molecule has 25 heavy (non-hydrogen) atoms. The molecule has 0 spiro atoms. The molecule has 0 aromatic heterocycles. The van der Waals surface area contributed by atoms with Crippen molar-refractivity contribution in [2.45, 2.75) is 24.7 Å². The van der Waals surface area contributed by atoms with Crippen LogP contribution in [0.25, 0.3) is 0 Å². The quantitative estimate of drug-likeness (QED) is 0.837. The molecule has 132 valence electrons. The first kappa shape index (κ1) is 18.0. The summed E-state index contributed by atoms with van der Waals surface area (Å²) in [7, 11) is -3.81. The predicted molar refractivity (Wildman–Crippen MR) is 100 cm³/mol. The van der Waals surface area contributed by atoms with Crippen molar-refractivity contribution in [2.75, 3.05) is 16.2 Å². The molecule has 0 radical (unpaired) electrons. The highest BCUT2D eigenvalue weighted by Gasteiger charge is 2.24. The second kappa shape index (κ2) is 6.86. The highest BCUT2D eigenvalue weighted by atomic mass is 35.5. The molecule has 1 aliphatic heterocycles. The Morgan fingerprint density at radius 2 is 1.88 bits per heavy atom. The van der Waals surface area contributed by atoms with Crippen molar-refractivity contribution in [1.82, 2.24) is 0 Å². The van der Waals surface area contributed by atoms with Crippen LogP contribution in [-0.2, 0) is 14.8 Å². The summed E-state index contributed by atoms with van der Waals surface area (Å²) in [5, 5.41) is 0.635. The van der Waals surface area contributed by atoms with E-state index in [4.69, 9.17) is 23.2 Å². The number of hydrogen-bond donors (Lipinski definition) is 1. The zero-order valence-electron chi connectivity index (χ0n) is 13.4. The van der Waals surface area contributed by atoms with Crippen LogP contribution in [0.15, 0.2) is 41.3 Å². The van der Waals surface area contributed by atoms with Crippen LogP contribution >= 0.6 is 23.2 Å². The largest absolute Gasteiger partial charge is 0.312 e. The molecule has 1 heterocycles. The van der Waals surface area contributed by atoms with Gasteiger partial charge in [-0.2, -0.15) is 0 Å². The van der Waals surface area contributed by atoms with Crippen molar-refractivity contribution in [3.63, 3.8) is 0 Å². The van der Waals surface area contributed by atoms with Gasteiger partial charge in [-0.25, -0.2) is 8.42 Å². The van der Waals surface area contributed by atoms with E-state index in [0.717, 1.165) is 17.7 Å². The summed E-state index contributed by atoms with van der Waals surface area (Å²) in [5.41, 5.74) is 1.72.